The quantitative estimate of drug-likeness (QED) is 0.625. The Morgan fingerprint density at radius 1 is 1.33 bits per heavy atom. The van der Waals surface area contributed by atoms with Gasteiger partial charge in [0.15, 0.2) is 0 Å². The highest BCUT2D eigenvalue weighted by atomic mass is 15.3. The topological polar surface area (TPSA) is 80.0 Å². The zero-order valence-electron chi connectivity index (χ0n) is 12.8. The first-order valence-corrected chi connectivity index (χ1v) is 7.09. The minimum absolute atomic E-state index is 0.682. The normalized spacial score (nSPS) is 10.5. The molecule has 0 saturated carbocycles. The molecule has 2 rings (SSSR count). The first-order chi connectivity index (χ1) is 10.2. The predicted molar refractivity (Wildman–Crippen MR) is 84.9 cm³/mol. The van der Waals surface area contributed by atoms with Crippen LogP contribution in [0.15, 0.2) is 24.5 Å². The summed E-state index contributed by atoms with van der Waals surface area (Å²) in [6.45, 7) is 4.82. The molecule has 112 valence electrons. The van der Waals surface area contributed by atoms with E-state index in [9.17, 15) is 0 Å². The molecule has 2 aromatic rings. The molecule has 0 atom stereocenters. The van der Waals surface area contributed by atoms with Gasteiger partial charge in [-0.25, -0.2) is 15.8 Å². The zero-order chi connectivity index (χ0) is 15.2. The highest BCUT2D eigenvalue weighted by molar-refractivity contribution is 5.58. The third-order valence-corrected chi connectivity index (χ3v) is 3.28. The molecule has 0 radical (unpaired) electrons. The third-order valence-electron chi connectivity index (χ3n) is 3.28. The number of aryl methyl sites for hydroxylation is 1. The Morgan fingerprint density at radius 2 is 2.14 bits per heavy atom. The molecular formula is C15H22N6. The van der Waals surface area contributed by atoms with Crippen molar-refractivity contribution < 1.29 is 0 Å². The Labute approximate surface area is 125 Å². The second kappa shape index (κ2) is 6.99. The van der Waals surface area contributed by atoms with Crippen LogP contribution in [0, 0.1) is 6.92 Å². The SMILES string of the molecule is CCCc1nc(NN)c(C)c(N(C)Cc2cccnc2)n1. The molecule has 0 aromatic carbocycles. The molecule has 0 aliphatic rings. The molecule has 2 aromatic heterocycles. The largest absolute Gasteiger partial charge is 0.355 e. The van der Waals surface area contributed by atoms with Gasteiger partial charge < -0.3 is 10.3 Å². The number of anilines is 2. The molecule has 0 aliphatic heterocycles. The lowest BCUT2D eigenvalue weighted by Gasteiger charge is -2.22. The Hall–Kier alpha value is -2.21. The number of nitrogens with two attached hydrogens (primary N) is 1. The molecule has 3 N–H and O–H groups in total. The zero-order valence-corrected chi connectivity index (χ0v) is 12.8. The first kappa shape index (κ1) is 15.2. The summed E-state index contributed by atoms with van der Waals surface area (Å²) in [5, 5.41) is 0. The molecule has 2 heterocycles. The maximum absolute atomic E-state index is 5.57. The van der Waals surface area contributed by atoms with Crippen molar-refractivity contribution in [2.75, 3.05) is 17.4 Å². The number of aromatic nitrogens is 3. The van der Waals surface area contributed by atoms with E-state index >= 15 is 0 Å². The van der Waals surface area contributed by atoms with Crippen molar-refractivity contribution in [3.05, 3.63) is 41.5 Å². The lowest BCUT2D eigenvalue weighted by Crippen LogP contribution is -2.22. The number of rotatable bonds is 6. The smallest absolute Gasteiger partial charge is 0.148 e. The summed E-state index contributed by atoms with van der Waals surface area (Å²) in [6, 6.07) is 3.99. The van der Waals surface area contributed by atoms with Crippen LogP contribution < -0.4 is 16.2 Å². The van der Waals surface area contributed by atoms with Crippen molar-refractivity contribution in [1.82, 2.24) is 15.0 Å². The fourth-order valence-electron chi connectivity index (χ4n) is 2.24. The van der Waals surface area contributed by atoms with Gasteiger partial charge in [0.1, 0.15) is 17.5 Å². The van der Waals surface area contributed by atoms with Crippen LogP contribution in [0.5, 0.6) is 0 Å². The van der Waals surface area contributed by atoms with Crippen LogP contribution in [0.4, 0.5) is 11.6 Å². The maximum atomic E-state index is 5.57. The number of nitrogens with zero attached hydrogens (tertiary/aromatic N) is 4. The summed E-state index contributed by atoms with van der Waals surface area (Å²) in [4.78, 5) is 15.3. The Kier molecular flexibility index (Phi) is 5.05. The lowest BCUT2D eigenvalue weighted by atomic mass is 10.2. The summed E-state index contributed by atoms with van der Waals surface area (Å²) in [5.74, 6) is 7.95. The lowest BCUT2D eigenvalue weighted by molar-refractivity contribution is 0.806. The number of hydrogen-bond donors (Lipinski definition) is 2. The van der Waals surface area contributed by atoms with E-state index in [0.717, 1.165) is 42.2 Å². The van der Waals surface area contributed by atoms with E-state index in [4.69, 9.17) is 5.84 Å². The maximum Gasteiger partial charge on any atom is 0.148 e. The van der Waals surface area contributed by atoms with E-state index in [1.54, 1.807) is 6.20 Å². The monoisotopic (exact) mass is 286 g/mol. The van der Waals surface area contributed by atoms with Crippen LogP contribution in [-0.4, -0.2) is 22.0 Å². The summed E-state index contributed by atoms with van der Waals surface area (Å²) < 4.78 is 0. The van der Waals surface area contributed by atoms with Crippen LogP contribution in [0.25, 0.3) is 0 Å². The predicted octanol–water partition coefficient (Wildman–Crippen LogP) is 2.05. The minimum atomic E-state index is 0.682. The second-order valence-corrected chi connectivity index (χ2v) is 5.05. The summed E-state index contributed by atoms with van der Waals surface area (Å²) in [5.41, 5.74) is 4.75. The van der Waals surface area contributed by atoms with Crippen molar-refractivity contribution in [3.8, 4) is 0 Å². The Bertz CT molecular complexity index is 584. The summed E-state index contributed by atoms with van der Waals surface area (Å²) in [7, 11) is 2.01. The molecule has 0 aliphatic carbocycles. The van der Waals surface area contributed by atoms with Crippen LogP contribution in [0.3, 0.4) is 0 Å². The molecule has 0 unspecified atom stereocenters. The van der Waals surface area contributed by atoms with Gasteiger partial charge in [0.25, 0.3) is 0 Å². The molecular weight excluding hydrogens is 264 g/mol. The van der Waals surface area contributed by atoms with Gasteiger partial charge in [0, 0.05) is 38.0 Å². The minimum Gasteiger partial charge on any atom is -0.355 e. The van der Waals surface area contributed by atoms with Gasteiger partial charge in [-0.15, -0.1) is 0 Å². The van der Waals surface area contributed by atoms with Crippen LogP contribution in [0.2, 0.25) is 0 Å². The first-order valence-electron chi connectivity index (χ1n) is 7.09. The van der Waals surface area contributed by atoms with Crippen LogP contribution >= 0.6 is 0 Å². The van der Waals surface area contributed by atoms with Gasteiger partial charge in [-0.1, -0.05) is 13.0 Å². The van der Waals surface area contributed by atoms with Gasteiger partial charge in [0.05, 0.1) is 0 Å². The molecule has 0 amide bonds. The molecule has 6 heteroatoms. The number of nitrogen functional groups attached to an aromatic ring is 1. The highest BCUT2D eigenvalue weighted by Crippen LogP contribution is 2.23. The fraction of sp³-hybridized carbons (Fsp3) is 0.400. The van der Waals surface area contributed by atoms with Crippen molar-refractivity contribution in [3.63, 3.8) is 0 Å². The number of hydrogen-bond acceptors (Lipinski definition) is 6. The molecule has 21 heavy (non-hydrogen) atoms. The van der Waals surface area contributed by atoms with E-state index in [-0.39, 0.29) is 0 Å². The number of pyridine rings is 1. The van der Waals surface area contributed by atoms with Gasteiger partial charge in [-0.3, -0.25) is 4.98 Å². The average molecular weight is 286 g/mol. The van der Waals surface area contributed by atoms with Crippen molar-refractivity contribution >= 4 is 11.6 Å². The number of nitrogens with one attached hydrogen (secondary N) is 1. The molecule has 6 nitrogen and oxygen atoms in total. The van der Waals surface area contributed by atoms with Crippen LogP contribution in [-0.2, 0) is 13.0 Å². The number of hydrazine groups is 1. The standard InChI is InChI=1S/C15H22N6/c1-4-6-13-18-14(20-16)11(2)15(19-13)21(3)10-12-7-5-8-17-9-12/h5,7-9H,4,6,10,16H2,1-3H3,(H,18,19,20). The van der Waals surface area contributed by atoms with Crippen molar-refractivity contribution in [2.45, 2.75) is 33.2 Å². The van der Waals surface area contributed by atoms with E-state index < -0.39 is 0 Å². The van der Waals surface area contributed by atoms with E-state index in [1.165, 1.54) is 0 Å². The molecule has 0 bridgehead atoms. The van der Waals surface area contributed by atoms with Gasteiger partial charge in [-0.05, 0) is 25.0 Å². The highest BCUT2D eigenvalue weighted by Gasteiger charge is 2.14. The van der Waals surface area contributed by atoms with E-state index in [1.807, 2.05) is 26.2 Å². The van der Waals surface area contributed by atoms with E-state index in [0.29, 0.717) is 5.82 Å². The van der Waals surface area contributed by atoms with Crippen molar-refractivity contribution in [1.29, 1.82) is 0 Å². The average Bonchev–Trinajstić information content (AvgIpc) is 2.50. The summed E-state index contributed by atoms with van der Waals surface area (Å²) >= 11 is 0. The molecule has 0 spiro atoms. The Morgan fingerprint density at radius 3 is 2.76 bits per heavy atom. The van der Waals surface area contributed by atoms with Gasteiger partial charge in [0.2, 0.25) is 0 Å². The van der Waals surface area contributed by atoms with E-state index in [2.05, 4.69) is 38.3 Å². The summed E-state index contributed by atoms with van der Waals surface area (Å²) in [6.07, 6.45) is 5.47. The van der Waals surface area contributed by atoms with Gasteiger partial charge >= 0.3 is 0 Å². The van der Waals surface area contributed by atoms with Crippen molar-refractivity contribution in [2.24, 2.45) is 5.84 Å². The third kappa shape index (κ3) is 3.66. The Balaban J connectivity index is 2.30. The second-order valence-electron chi connectivity index (χ2n) is 5.05. The molecule has 0 saturated heterocycles. The van der Waals surface area contributed by atoms with Crippen LogP contribution in [0.1, 0.15) is 30.3 Å². The fourth-order valence-corrected chi connectivity index (χ4v) is 2.24. The molecule has 0 fully saturated rings. The van der Waals surface area contributed by atoms with Gasteiger partial charge in [-0.2, -0.15) is 0 Å².